The zero-order chi connectivity index (χ0) is 13.1. The Labute approximate surface area is 109 Å². The quantitative estimate of drug-likeness (QED) is 0.623. The molecule has 0 aliphatic rings. The first-order valence-electron chi connectivity index (χ1n) is 5.40. The minimum atomic E-state index is 0.533. The summed E-state index contributed by atoms with van der Waals surface area (Å²) in [6.45, 7) is 5.48. The van der Waals surface area contributed by atoms with Gasteiger partial charge in [0.05, 0.1) is 11.4 Å². The summed E-state index contributed by atoms with van der Waals surface area (Å²) >= 11 is 1.47. The van der Waals surface area contributed by atoms with Gasteiger partial charge in [-0.2, -0.15) is 5.26 Å². The van der Waals surface area contributed by atoms with E-state index in [0.717, 1.165) is 11.5 Å². The van der Waals surface area contributed by atoms with E-state index in [0.29, 0.717) is 27.9 Å². The Morgan fingerprint density at radius 1 is 1.33 bits per heavy atom. The third kappa shape index (κ3) is 2.68. The van der Waals surface area contributed by atoms with Crippen LogP contribution in [0.5, 0.6) is 0 Å². The van der Waals surface area contributed by atoms with Crippen molar-refractivity contribution in [2.45, 2.75) is 31.6 Å². The van der Waals surface area contributed by atoms with Crippen LogP contribution in [-0.2, 0) is 5.75 Å². The lowest BCUT2D eigenvalue weighted by molar-refractivity contribution is 0.393. The molecule has 0 fully saturated rings. The summed E-state index contributed by atoms with van der Waals surface area (Å²) in [7, 11) is 0. The standard InChI is InChI=1S/C12H12N4OS/c1-7-4-10(16-17-7)6-18-12-11(5-13)8(2)14-9(3)15-12/h4H,6H2,1-3H3. The molecule has 0 saturated heterocycles. The molecular weight excluding hydrogens is 248 g/mol. The molecule has 2 aromatic rings. The Morgan fingerprint density at radius 3 is 2.72 bits per heavy atom. The van der Waals surface area contributed by atoms with Gasteiger partial charge in [0.2, 0.25) is 0 Å². The Hall–Kier alpha value is -1.87. The van der Waals surface area contributed by atoms with Gasteiger partial charge in [-0.25, -0.2) is 9.97 Å². The van der Waals surface area contributed by atoms with E-state index >= 15 is 0 Å². The van der Waals surface area contributed by atoms with E-state index in [-0.39, 0.29) is 0 Å². The summed E-state index contributed by atoms with van der Waals surface area (Å²) < 4.78 is 5.00. The highest BCUT2D eigenvalue weighted by atomic mass is 32.2. The van der Waals surface area contributed by atoms with Gasteiger partial charge in [0.15, 0.2) is 0 Å². The van der Waals surface area contributed by atoms with E-state index in [1.54, 1.807) is 0 Å². The molecule has 2 heterocycles. The van der Waals surface area contributed by atoms with Crippen molar-refractivity contribution in [3.05, 3.63) is 34.6 Å². The van der Waals surface area contributed by atoms with E-state index in [1.807, 2.05) is 26.8 Å². The predicted octanol–water partition coefficient (Wildman–Crippen LogP) is 2.55. The fourth-order valence-electron chi connectivity index (χ4n) is 1.54. The van der Waals surface area contributed by atoms with Crippen LogP contribution >= 0.6 is 11.8 Å². The van der Waals surface area contributed by atoms with Crippen molar-refractivity contribution in [3.63, 3.8) is 0 Å². The summed E-state index contributed by atoms with van der Waals surface area (Å²) in [5.74, 6) is 2.08. The van der Waals surface area contributed by atoms with E-state index in [9.17, 15) is 0 Å². The highest BCUT2D eigenvalue weighted by molar-refractivity contribution is 7.98. The molecular formula is C12H12N4OS. The average Bonchev–Trinajstić information content (AvgIpc) is 2.72. The van der Waals surface area contributed by atoms with Crippen LogP contribution in [-0.4, -0.2) is 15.1 Å². The lowest BCUT2D eigenvalue weighted by Crippen LogP contribution is -1.99. The van der Waals surface area contributed by atoms with Crippen LogP contribution in [0.3, 0.4) is 0 Å². The first-order chi connectivity index (χ1) is 8.60. The van der Waals surface area contributed by atoms with E-state index in [1.165, 1.54) is 11.8 Å². The van der Waals surface area contributed by atoms with Crippen LogP contribution in [0, 0.1) is 32.1 Å². The Balaban J connectivity index is 2.21. The van der Waals surface area contributed by atoms with Crippen molar-refractivity contribution in [1.29, 1.82) is 5.26 Å². The molecule has 5 nitrogen and oxygen atoms in total. The molecule has 0 aliphatic carbocycles. The fraction of sp³-hybridized carbons (Fsp3) is 0.333. The van der Waals surface area contributed by atoms with Crippen molar-refractivity contribution in [1.82, 2.24) is 15.1 Å². The highest BCUT2D eigenvalue weighted by Crippen LogP contribution is 2.25. The maximum absolute atomic E-state index is 9.11. The minimum absolute atomic E-state index is 0.533. The maximum atomic E-state index is 9.11. The van der Waals surface area contributed by atoms with Gasteiger partial charge < -0.3 is 4.52 Å². The van der Waals surface area contributed by atoms with E-state index in [2.05, 4.69) is 21.2 Å². The predicted molar refractivity (Wildman–Crippen MR) is 67.0 cm³/mol. The number of rotatable bonds is 3. The van der Waals surface area contributed by atoms with E-state index in [4.69, 9.17) is 9.78 Å². The van der Waals surface area contributed by atoms with Crippen LogP contribution in [0.4, 0.5) is 0 Å². The molecule has 0 saturated carbocycles. The Kier molecular flexibility index (Phi) is 3.63. The second kappa shape index (κ2) is 5.19. The normalized spacial score (nSPS) is 10.3. The molecule has 2 aromatic heterocycles. The van der Waals surface area contributed by atoms with Crippen LogP contribution in [0.1, 0.15) is 28.5 Å². The summed E-state index contributed by atoms with van der Waals surface area (Å²) in [5, 5.41) is 13.7. The summed E-state index contributed by atoms with van der Waals surface area (Å²) in [6, 6.07) is 4.02. The molecule has 0 atom stereocenters. The van der Waals surface area contributed by atoms with Crippen LogP contribution in [0.15, 0.2) is 15.6 Å². The number of thioether (sulfide) groups is 1. The number of hydrogen-bond acceptors (Lipinski definition) is 6. The van der Waals surface area contributed by atoms with Gasteiger partial charge in [-0.1, -0.05) is 16.9 Å². The third-order valence-corrected chi connectivity index (χ3v) is 3.32. The Morgan fingerprint density at radius 2 is 2.11 bits per heavy atom. The van der Waals surface area contributed by atoms with Crippen molar-refractivity contribution in [2.24, 2.45) is 0 Å². The topological polar surface area (TPSA) is 75.6 Å². The second-order valence-corrected chi connectivity index (χ2v) is 4.83. The summed E-state index contributed by atoms with van der Waals surface area (Å²) in [6.07, 6.45) is 0. The first-order valence-corrected chi connectivity index (χ1v) is 6.39. The molecule has 0 unspecified atom stereocenters. The zero-order valence-electron chi connectivity index (χ0n) is 10.4. The third-order valence-electron chi connectivity index (χ3n) is 2.31. The maximum Gasteiger partial charge on any atom is 0.133 e. The largest absolute Gasteiger partial charge is 0.361 e. The molecule has 6 heteroatoms. The molecule has 0 aromatic carbocycles. The second-order valence-electron chi connectivity index (χ2n) is 3.87. The molecule has 0 spiro atoms. The van der Waals surface area contributed by atoms with Gasteiger partial charge >= 0.3 is 0 Å². The van der Waals surface area contributed by atoms with Crippen molar-refractivity contribution >= 4 is 11.8 Å². The molecule has 92 valence electrons. The number of nitrogens with zero attached hydrogens (tertiary/aromatic N) is 4. The molecule has 0 aliphatic heterocycles. The highest BCUT2D eigenvalue weighted by Gasteiger charge is 2.11. The number of nitriles is 1. The molecule has 0 N–H and O–H groups in total. The van der Waals surface area contributed by atoms with Crippen molar-refractivity contribution in [2.75, 3.05) is 0 Å². The molecule has 0 radical (unpaired) electrons. The Bertz CT molecular complexity index is 615. The zero-order valence-corrected chi connectivity index (χ0v) is 11.2. The van der Waals surface area contributed by atoms with Gasteiger partial charge in [0.25, 0.3) is 0 Å². The number of hydrogen-bond donors (Lipinski definition) is 0. The lowest BCUT2D eigenvalue weighted by Gasteiger charge is -2.05. The van der Waals surface area contributed by atoms with Gasteiger partial charge in [0.1, 0.15) is 28.2 Å². The average molecular weight is 260 g/mol. The van der Waals surface area contributed by atoms with Gasteiger partial charge in [0, 0.05) is 11.8 Å². The summed E-state index contributed by atoms with van der Waals surface area (Å²) in [5.41, 5.74) is 2.09. The van der Waals surface area contributed by atoms with Crippen LogP contribution < -0.4 is 0 Å². The number of aromatic nitrogens is 3. The lowest BCUT2D eigenvalue weighted by atomic mass is 10.3. The number of aryl methyl sites for hydroxylation is 3. The minimum Gasteiger partial charge on any atom is -0.361 e. The van der Waals surface area contributed by atoms with Crippen LogP contribution in [0.2, 0.25) is 0 Å². The van der Waals surface area contributed by atoms with Crippen LogP contribution in [0.25, 0.3) is 0 Å². The van der Waals surface area contributed by atoms with Gasteiger partial charge in [-0.05, 0) is 20.8 Å². The van der Waals surface area contributed by atoms with Gasteiger partial charge in [-0.15, -0.1) is 0 Å². The fourth-order valence-corrected chi connectivity index (χ4v) is 2.50. The first kappa shape index (κ1) is 12.6. The molecule has 2 rings (SSSR count). The van der Waals surface area contributed by atoms with Crippen molar-refractivity contribution in [3.8, 4) is 6.07 Å². The van der Waals surface area contributed by atoms with Gasteiger partial charge in [-0.3, -0.25) is 0 Å². The molecule has 0 bridgehead atoms. The SMILES string of the molecule is Cc1nc(C)c(C#N)c(SCc2cc(C)on2)n1. The molecule has 0 amide bonds. The smallest absolute Gasteiger partial charge is 0.133 e. The molecule has 18 heavy (non-hydrogen) atoms. The van der Waals surface area contributed by atoms with E-state index < -0.39 is 0 Å². The summed E-state index contributed by atoms with van der Waals surface area (Å²) in [4.78, 5) is 8.48. The monoisotopic (exact) mass is 260 g/mol. The van der Waals surface area contributed by atoms with Crippen molar-refractivity contribution < 1.29 is 4.52 Å².